The van der Waals surface area contributed by atoms with Crippen LogP contribution in [0.25, 0.3) is 6.08 Å². The molecule has 0 saturated heterocycles. The number of nitrogens with zero attached hydrogens (tertiary/aromatic N) is 3. The highest BCUT2D eigenvalue weighted by atomic mass is 16.5. The number of methoxy groups -OCH3 is 3. The van der Waals surface area contributed by atoms with E-state index in [-0.39, 0.29) is 11.9 Å². The second kappa shape index (κ2) is 7.30. The summed E-state index contributed by atoms with van der Waals surface area (Å²) in [6.45, 7) is 0.883. The molecule has 0 fully saturated rings. The fraction of sp³-hybridized carbons (Fsp3) is 0.278. The molecule has 2 aromatic rings. The van der Waals surface area contributed by atoms with Crippen molar-refractivity contribution in [3.05, 3.63) is 41.2 Å². The van der Waals surface area contributed by atoms with Gasteiger partial charge in [-0.25, -0.2) is 9.97 Å². The summed E-state index contributed by atoms with van der Waals surface area (Å²) in [7, 11) is 4.63. The fourth-order valence-corrected chi connectivity index (χ4v) is 2.80. The zero-order valence-electron chi connectivity index (χ0n) is 14.9. The molecule has 8 nitrogen and oxygen atoms in total. The van der Waals surface area contributed by atoms with Gasteiger partial charge in [0.1, 0.15) is 0 Å². The van der Waals surface area contributed by atoms with Gasteiger partial charge in [-0.3, -0.25) is 4.79 Å². The van der Waals surface area contributed by atoms with Gasteiger partial charge in [0, 0.05) is 24.4 Å². The van der Waals surface area contributed by atoms with E-state index in [1.807, 2.05) is 0 Å². The zero-order chi connectivity index (χ0) is 18.7. The minimum Gasteiger partial charge on any atom is -0.493 e. The second-order valence-corrected chi connectivity index (χ2v) is 5.69. The van der Waals surface area contributed by atoms with Gasteiger partial charge >= 0.3 is 0 Å². The summed E-state index contributed by atoms with van der Waals surface area (Å²) < 4.78 is 15.9. The van der Waals surface area contributed by atoms with Crippen LogP contribution < -0.4 is 19.9 Å². The minimum atomic E-state index is -0.129. The van der Waals surface area contributed by atoms with Crippen molar-refractivity contribution in [3.8, 4) is 17.2 Å². The fourth-order valence-electron chi connectivity index (χ4n) is 2.80. The monoisotopic (exact) mass is 356 g/mol. The summed E-state index contributed by atoms with van der Waals surface area (Å²) in [6.07, 6.45) is 4.87. The minimum absolute atomic E-state index is 0.129. The van der Waals surface area contributed by atoms with Crippen LogP contribution in [-0.2, 0) is 17.9 Å². The maximum absolute atomic E-state index is 12.5. The predicted octanol–water partition coefficient (Wildman–Crippen LogP) is 1.64. The number of ether oxygens (including phenoxy) is 3. The van der Waals surface area contributed by atoms with Crippen molar-refractivity contribution in [3.63, 3.8) is 0 Å². The van der Waals surface area contributed by atoms with Crippen molar-refractivity contribution in [2.45, 2.75) is 13.1 Å². The number of hydrogen-bond donors (Lipinski definition) is 1. The molecule has 1 aliphatic rings. The van der Waals surface area contributed by atoms with Crippen LogP contribution in [0.1, 0.15) is 16.8 Å². The van der Waals surface area contributed by atoms with Crippen molar-refractivity contribution < 1.29 is 19.0 Å². The first kappa shape index (κ1) is 17.5. The number of rotatable bonds is 5. The molecular weight excluding hydrogens is 336 g/mol. The van der Waals surface area contributed by atoms with Crippen molar-refractivity contribution in [2.75, 3.05) is 27.1 Å². The van der Waals surface area contributed by atoms with Gasteiger partial charge in [-0.1, -0.05) is 0 Å². The Labute approximate surface area is 151 Å². The van der Waals surface area contributed by atoms with E-state index in [9.17, 15) is 4.79 Å². The molecule has 0 aliphatic carbocycles. The van der Waals surface area contributed by atoms with Crippen molar-refractivity contribution in [1.82, 2.24) is 14.9 Å². The number of benzene rings is 1. The molecule has 0 bridgehead atoms. The molecule has 136 valence electrons. The molecule has 2 N–H and O–H groups in total. The summed E-state index contributed by atoms with van der Waals surface area (Å²) in [6, 6.07) is 3.55. The summed E-state index contributed by atoms with van der Waals surface area (Å²) in [5.41, 5.74) is 8.04. The Hall–Kier alpha value is -3.29. The van der Waals surface area contributed by atoms with Crippen molar-refractivity contribution >= 4 is 17.9 Å². The molecule has 2 heterocycles. The van der Waals surface area contributed by atoms with Crippen LogP contribution in [0.5, 0.6) is 17.2 Å². The second-order valence-electron chi connectivity index (χ2n) is 5.69. The molecule has 1 aliphatic heterocycles. The van der Waals surface area contributed by atoms with Gasteiger partial charge in [-0.2, -0.15) is 0 Å². The van der Waals surface area contributed by atoms with E-state index in [1.54, 1.807) is 50.6 Å². The Kier molecular flexibility index (Phi) is 4.92. The molecule has 1 aromatic heterocycles. The molecule has 1 aromatic carbocycles. The van der Waals surface area contributed by atoms with Gasteiger partial charge in [0.25, 0.3) is 0 Å². The standard InChI is InChI=1S/C18H20N4O4/c1-24-14-6-11(7-15(25-2)17(14)26-3)4-5-16(23)22-9-12-8-20-18(19)21-13(12)10-22/h4-8H,9-10H2,1-3H3,(H2,19,20,21)/b5-4+. The lowest BCUT2D eigenvalue weighted by Crippen LogP contribution is -2.23. The van der Waals surface area contributed by atoms with Gasteiger partial charge in [-0.15, -0.1) is 0 Å². The average molecular weight is 356 g/mol. The number of amides is 1. The molecule has 0 spiro atoms. The number of carbonyl (C=O) groups is 1. The third-order valence-electron chi connectivity index (χ3n) is 4.09. The first-order valence-corrected chi connectivity index (χ1v) is 7.93. The quantitative estimate of drug-likeness (QED) is 0.813. The summed E-state index contributed by atoms with van der Waals surface area (Å²) in [4.78, 5) is 22.3. The SMILES string of the molecule is COc1cc(/C=C/C(=O)N2Cc3cnc(N)nc3C2)cc(OC)c1OC. The number of fused-ring (bicyclic) bond motifs is 1. The summed E-state index contributed by atoms with van der Waals surface area (Å²) in [5.74, 6) is 1.64. The van der Waals surface area contributed by atoms with Crippen LogP contribution in [0.2, 0.25) is 0 Å². The lowest BCUT2D eigenvalue weighted by molar-refractivity contribution is -0.126. The van der Waals surface area contributed by atoms with Crippen LogP contribution >= 0.6 is 0 Å². The zero-order valence-corrected chi connectivity index (χ0v) is 14.9. The molecule has 8 heteroatoms. The Balaban J connectivity index is 1.77. The maximum Gasteiger partial charge on any atom is 0.247 e. The highest BCUT2D eigenvalue weighted by Gasteiger charge is 2.23. The summed E-state index contributed by atoms with van der Waals surface area (Å²) in [5, 5.41) is 0. The molecular formula is C18H20N4O4. The van der Waals surface area contributed by atoms with E-state index in [0.29, 0.717) is 30.3 Å². The van der Waals surface area contributed by atoms with Crippen LogP contribution in [0.15, 0.2) is 24.4 Å². The Bertz CT molecular complexity index is 841. The molecule has 3 rings (SSSR count). The third kappa shape index (κ3) is 3.39. The highest BCUT2D eigenvalue weighted by Crippen LogP contribution is 2.38. The Morgan fingerprint density at radius 2 is 1.85 bits per heavy atom. The molecule has 0 unspecified atom stereocenters. The molecule has 0 atom stereocenters. The van der Waals surface area contributed by atoms with E-state index in [4.69, 9.17) is 19.9 Å². The lowest BCUT2D eigenvalue weighted by atomic mass is 10.1. The predicted molar refractivity (Wildman–Crippen MR) is 95.8 cm³/mol. The van der Waals surface area contributed by atoms with E-state index in [0.717, 1.165) is 16.8 Å². The Morgan fingerprint density at radius 1 is 1.15 bits per heavy atom. The van der Waals surface area contributed by atoms with Gasteiger partial charge in [0.2, 0.25) is 17.6 Å². The number of carbonyl (C=O) groups excluding carboxylic acids is 1. The van der Waals surface area contributed by atoms with Crippen molar-refractivity contribution in [2.24, 2.45) is 0 Å². The molecule has 0 saturated carbocycles. The molecule has 26 heavy (non-hydrogen) atoms. The van der Waals surface area contributed by atoms with Crippen LogP contribution in [-0.4, -0.2) is 42.1 Å². The van der Waals surface area contributed by atoms with Crippen LogP contribution in [0.3, 0.4) is 0 Å². The largest absolute Gasteiger partial charge is 0.493 e. The first-order chi connectivity index (χ1) is 12.5. The number of nitrogen functional groups attached to an aromatic ring is 1. The smallest absolute Gasteiger partial charge is 0.247 e. The normalized spacial score (nSPS) is 13.0. The van der Waals surface area contributed by atoms with Crippen LogP contribution in [0.4, 0.5) is 5.95 Å². The number of nitrogens with two attached hydrogens (primary N) is 1. The van der Waals surface area contributed by atoms with Gasteiger partial charge in [-0.05, 0) is 23.8 Å². The Morgan fingerprint density at radius 3 is 2.46 bits per heavy atom. The molecule has 0 radical (unpaired) electrons. The third-order valence-corrected chi connectivity index (χ3v) is 4.09. The van der Waals surface area contributed by atoms with E-state index >= 15 is 0 Å². The molecule has 1 amide bonds. The van der Waals surface area contributed by atoms with Gasteiger partial charge in [0.05, 0.1) is 33.6 Å². The number of aromatic nitrogens is 2. The topological polar surface area (TPSA) is 99.8 Å². The lowest BCUT2D eigenvalue weighted by Gasteiger charge is -2.13. The van der Waals surface area contributed by atoms with Gasteiger partial charge in [0.15, 0.2) is 11.5 Å². The van der Waals surface area contributed by atoms with Crippen molar-refractivity contribution in [1.29, 1.82) is 0 Å². The van der Waals surface area contributed by atoms with E-state index in [1.165, 1.54) is 6.08 Å². The summed E-state index contributed by atoms with van der Waals surface area (Å²) >= 11 is 0. The first-order valence-electron chi connectivity index (χ1n) is 7.93. The van der Waals surface area contributed by atoms with E-state index < -0.39 is 0 Å². The highest BCUT2D eigenvalue weighted by molar-refractivity contribution is 5.92. The van der Waals surface area contributed by atoms with E-state index in [2.05, 4.69) is 9.97 Å². The van der Waals surface area contributed by atoms with Gasteiger partial charge < -0.3 is 24.8 Å². The number of anilines is 1. The maximum atomic E-state index is 12.5. The average Bonchev–Trinajstić information content (AvgIpc) is 3.08. The van der Waals surface area contributed by atoms with Crippen LogP contribution in [0, 0.1) is 0 Å². The number of hydrogen-bond acceptors (Lipinski definition) is 7.